The van der Waals surface area contributed by atoms with E-state index in [0.717, 1.165) is 46.8 Å². The zero-order valence-electron chi connectivity index (χ0n) is 19.9. The maximum atomic E-state index is 11.9. The van der Waals surface area contributed by atoms with Gasteiger partial charge in [0.25, 0.3) is 0 Å². The zero-order valence-corrected chi connectivity index (χ0v) is 20.7. The largest absolute Gasteiger partial charge is 0.377 e. The highest BCUT2D eigenvalue weighted by atomic mass is 32.2. The fourth-order valence-corrected chi connectivity index (χ4v) is 6.16. The SMILES string of the molecule is CC1N=C(c2cccc3[nH]ccc23)N=C2C1N(Cc1ccc(S(C)(=O)=O)cc1)CC1COCCN21. The average molecular weight is 492 g/mol. The minimum atomic E-state index is -3.22. The standard InChI is InChI=1S/C26H29N5O3S/c1-17-24-26(29-25(28-17)22-4-3-5-23-21(22)10-11-27-23)31-12-13-34-16-19(31)15-30(24)14-18-6-8-20(9-7-18)35(2,32)33/h3-11,17,19,24,27H,12-16H2,1-2H3. The highest BCUT2D eigenvalue weighted by molar-refractivity contribution is 7.90. The molecule has 4 heterocycles. The molecule has 3 aliphatic rings. The number of amidine groups is 2. The molecule has 0 spiro atoms. The number of aromatic amines is 1. The van der Waals surface area contributed by atoms with Crippen LogP contribution in [0.15, 0.2) is 69.6 Å². The van der Waals surface area contributed by atoms with E-state index in [1.807, 2.05) is 24.4 Å². The number of morpholine rings is 1. The molecule has 3 aromatic rings. The highest BCUT2D eigenvalue weighted by Crippen LogP contribution is 2.30. The van der Waals surface area contributed by atoms with Crippen LogP contribution in [-0.4, -0.2) is 85.6 Å². The number of nitrogens with zero attached hydrogens (tertiary/aromatic N) is 4. The van der Waals surface area contributed by atoms with Gasteiger partial charge in [-0.3, -0.25) is 9.89 Å². The Morgan fingerprint density at radius 3 is 2.77 bits per heavy atom. The second kappa shape index (κ2) is 8.58. The van der Waals surface area contributed by atoms with Gasteiger partial charge in [0.2, 0.25) is 0 Å². The Morgan fingerprint density at radius 2 is 1.97 bits per heavy atom. The van der Waals surface area contributed by atoms with Gasteiger partial charge in [-0.15, -0.1) is 0 Å². The van der Waals surface area contributed by atoms with Crippen LogP contribution in [0, 0.1) is 0 Å². The molecular formula is C26H29N5O3S. The van der Waals surface area contributed by atoms with E-state index in [1.54, 1.807) is 12.1 Å². The Bertz CT molecular complexity index is 1430. The number of fused-ring (bicyclic) bond motifs is 4. The predicted molar refractivity (Wildman–Crippen MR) is 137 cm³/mol. The number of hydrogen-bond donors (Lipinski definition) is 1. The van der Waals surface area contributed by atoms with Gasteiger partial charge in [-0.1, -0.05) is 24.3 Å². The summed E-state index contributed by atoms with van der Waals surface area (Å²) in [6, 6.07) is 15.8. The second-order valence-electron chi connectivity index (χ2n) is 9.62. The van der Waals surface area contributed by atoms with Crippen molar-refractivity contribution >= 4 is 32.4 Å². The van der Waals surface area contributed by atoms with Crippen molar-refractivity contribution in [3.05, 3.63) is 65.9 Å². The van der Waals surface area contributed by atoms with Gasteiger partial charge < -0.3 is 14.6 Å². The highest BCUT2D eigenvalue weighted by Gasteiger charge is 2.44. The molecule has 35 heavy (non-hydrogen) atoms. The lowest BCUT2D eigenvalue weighted by Gasteiger charge is -2.51. The summed E-state index contributed by atoms with van der Waals surface area (Å²) in [5.74, 6) is 1.83. The molecule has 1 N–H and O–H groups in total. The van der Waals surface area contributed by atoms with Gasteiger partial charge in [0.15, 0.2) is 15.7 Å². The zero-order chi connectivity index (χ0) is 24.2. The van der Waals surface area contributed by atoms with E-state index < -0.39 is 9.84 Å². The van der Waals surface area contributed by atoms with E-state index in [4.69, 9.17) is 14.7 Å². The number of nitrogens with one attached hydrogen (secondary N) is 1. The van der Waals surface area contributed by atoms with Crippen molar-refractivity contribution in [3.63, 3.8) is 0 Å². The van der Waals surface area contributed by atoms with Gasteiger partial charge in [0.05, 0.1) is 36.2 Å². The van der Waals surface area contributed by atoms with Crippen LogP contribution in [0.1, 0.15) is 18.1 Å². The predicted octanol–water partition coefficient (Wildman–Crippen LogP) is 2.70. The molecule has 2 aromatic carbocycles. The van der Waals surface area contributed by atoms with Gasteiger partial charge in [-0.25, -0.2) is 13.4 Å². The van der Waals surface area contributed by atoms with Crippen molar-refractivity contribution in [2.24, 2.45) is 9.98 Å². The van der Waals surface area contributed by atoms with E-state index in [-0.39, 0.29) is 18.1 Å². The van der Waals surface area contributed by atoms with Gasteiger partial charge in [-0.2, -0.15) is 0 Å². The second-order valence-corrected chi connectivity index (χ2v) is 11.6. The Labute approximate surface area is 205 Å². The molecular weight excluding hydrogens is 462 g/mol. The van der Waals surface area contributed by atoms with Crippen LogP contribution in [0.5, 0.6) is 0 Å². The summed E-state index contributed by atoms with van der Waals surface area (Å²) >= 11 is 0. The molecule has 6 rings (SSSR count). The topological polar surface area (TPSA) is 90.4 Å². The lowest BCUT2D eigenvalue weighted by atomic mass is 9.96. The molecule has 182 valence electrons. The van der Waals surface area contributed by atoms with Gasteiger partial charge in [0.1, 0.15) is 5.84 Å². The third-order valence-corrected chi connectivity index (χ3v) is 8.33. The number of H-pyrrole nitrogens is 1. The van der Waals surface area contributed by atoms with E-state index >= 15 is 0 Å². The Hall–Kier alpha value is -3.01. The minimum absolute atomic E-state index is 0.0192. The van der Waals surface area contributed by atoms with E-state index in [9.17, 15) is 8.42 Å². The van der Waals surface area contributed by atoms with Crippen LogP contribution < -0.4 is 0 Å². The van der Waals surface area contributed by atoms with Crippen LogP contribution in [0.3, 0.4) is 0 Å². The molecule has 1 aromatic heterocycles. The minimum Gasteiger partial charge on any atom is -0.377 e. The summed E-state index contributed by atoms with van der Waals surface area (Å²) in [5.41, 5.74) is 3.19. The molecule has 2 fully saturated rings. The Kier molecular flexibility index (Phi) is 5.51. The molecule has 0 radical (unpaired) electrons. The number of aromatic nitrogens is 1. The normalized spacial score (nSPS) is 25.1. The first-order valence-corrected chi connectivity index (χ1v) is 13.9. The smallest absolute Gasteiger partial charge is 0.175 e. The average Bonchev–Trinajstić information content (AvgIpc) is 3.33. The molecule has 0 aliphatic carbocycles. The molecule has 0 amide bonds. The van der Waals surface area contributed by atoms with E-state index in [2.05, 4.69) is 39.9 Å². The number of benzene rings is 2. The van der Waals surface area contributed by atoms with Crippen LogP contribution in [-0.2, 0) is 21.1 Å². The maximum absolute atomic E-state index is 11.9. The van der Waals surface area contributed by atoms with Crippen molar-refractivity contribution < 1.29 is 13.2 Å². The van der Waals surface area contributed by atoms with Crippen LogP contribution in [0.4, 0.5) is 0 Å². The quantitative estimate of drug-likeness (QED) is 0.606. The Balaban J connectivity index is 1.36. The molecule has 0 bridgehead atoms. The summed E-state index contributed by atoms with van der Waals surface area (Å²) in [6.45, 7) is 5.90. The van der Waals surface area contributed by atoms with Crippen LogP contribution >= 0.6 is 0 Å². The molecule has 0 saturated carbocycles. The number of sulfone groups is 1. The molecule has 3 aliphatic heterocycles. The molecule has 3 unspecified atom stereocenters. The van der Waals surface area contributed by atoms with Gasteiger partial charge >= 0.3 is 0 Å². The van der Waals surface area contributed by atoms with Gasteiger partial charge in [-0.05, 0) is 36.8 Å². The molecule has 3 atom stereocenters. The van der Waals surface area contributed by atoms with E-state index in [0.29, 0.717) is 24.7 Å². The first kappa shape index (κ1) is 22.5. The summed E-state index contributed by atoms with van der Waals surface area (Å²) in [4.78, 5) is 18.7. The first-order chi connectivity index (χ1) is 16.9. The van der Waals surface area contributed by atoms with Crippen molar-refractivity contribution in [2.45, 2.75) is 36.5 Å². The fourth-order valence-electron chi connectivity index (χ4n) is 5.53. The third kappa shape index (κ3) is 4.07. The number of rotatable bonds is 4. The molecule has 2 saturated heterocycles. The number of hydrogen-bond acceptors (Lipinski definition) is 7. The van der Waals surface area contributed by atoms with E-state index in [1.165, 1.54) is 6.26 Å². The van der Waals surface area contributed by atoms with Crippen molar-refractivity contribution in [2.75, 3.05) is 32.6 Å². The number of aliphatic imine (C=N–C) groups is 2. The monoisotopic (exact) mass is 491 g/mol. The first-order valence-electron chi connectivity index (χ1n) is 12.0. The van der Waals surface area contributed by atoms with Gasteiger partial charge in [0, 0.05) is 48.6 Å². The number of ether oxygens (including phenoxy) is 1. The summed E-state index contributed by atoms with van der Waals surface area (Å²) in [6.07, 6.45) is 3.19. The van der Waals surface area contributed by atoms with Crippen molar-refractivity contribution in [1.29, 1.82) is 0 Å². The summed E-state index contributed by atoms with van der Waals surface area (Å²) in [5, 5.41) is 1.12. The lowest BCUT2D eigenvalue weighted by Crippen LogP contribution is -2.67. The van der Waals surface area contributed by atoms with Crippen molar-refractivity contribution in [3.8, 4) is 0 Å². The van der Waals surface area contributed by atoms with Crippen LogP contribution in [0.2, 0.25) is 0 Å². The molecule has 8 nitrogen and oxygen atoms in total. The van der Waals surface area contributed by atoms with Crippen molar-refractivity contribution in [1.82, 2.24) is 14.8 Å². The summed E-state index contributed by atoms with van der Waals surface area (Å²) < 4.78 is 29.6. The molecule has 9 heteroatoms. The fraction of sp³-hybridized carbons (Fsp3) is 0.385. The maximum Gasteiger partial charge on any atom is 0.175 e. The third-order valence-electron chi connectivity index (χ3n) is 7.20. The number of piperazine rings is 1. The summed E-state index contributed by atoms with van der Waals surface area (Å²) in [7, 11) is -3.22. The Morgan fingerprint density at radius 1 is 1.14 bits per heavy atom. The lowest BCUT2D eigenvalue weighted by molar-refractivity contribution is -0.0133. The van der Waals surface area contributed by atoms with Crippen LogP contribution in [0.25, 0.3) is 10.9 Å².